The summed E-state index contributed by atoms with van der Waals surface area (Å²) in [7, 11) is 0. The predicted molar refractivity (Wildman–Crippen MR) is 100 cm³/mol. The van der Waals surface area contributed by atoms with Crippen molar-refractivity contribution in [3.8, 4) is 0 Å². The van der Waals surface area contributed by atoms with Crippen LogP contribution < -0.4 is 10.6 Å². The number of anilines is 1. The van der Waals surface area contributed by atoms with Crippen LogP contribution in [0.1, 0.15) is 18.5 Å². The molecule has 3 rings (SSSR count). The molecule has 1 aromatic heterocycles. The second kappa shape index (κ2) is 9.36. The minimum absolute atomic E-state index is 0.232. The van der Waals surface area contributed by atoms with E-state index in [1.807, 2.05) is 18.2 Å². The number of hydrogen-bond acceptors (Lipinski definition) is 4. The molecule has 6 nitrogen and oxygen atoms in total. The lowest BCUT2D eigenvalue weighted by Crippen LogP contribution is -2.41. The number of piperidine rings is 1. The van der Waals surface area contributed by atoms with Gasteiger partial charge in [-0.3, -0.25) is 19.5 Å². The topological polar surface area (TPSA) is 74.3 Å². The van der Waals surface area contributed by atoms with Crippen LogP contribution in [0, 0.1) is 17.6 Å². The Balaban J connectivity index is 1.39. The molecule has 1 aromatic carbocycles. The second-order valence-corrected chi connectivity index (χ2v) is 6.83. The summed E-state index contributed by atoms with van der Waals surface area (Å²) >= 11 is 0. The van der Waals surface area contributed by atoms with Crippen LogP contribution in [0.5, 0.6) is 0 Å². The van der Waals surface area contributed by atoms with Crippen molar-refractivity contribution in [2.45, 2.75) is 19.4 Å². The molecule has 1 fully saturated rings. The van der Waals surface area contributed by atoms with Crippen LogP contribution in [-0.2, 0) is 16.1 Å². The Morgan fingerprint density at radius 2 is 1.89 bits per heavy atom. The average Bonchev–Trinajstić information content (AvgIpc) is 2.70. The van der Waals surface area contributed by atoms with E-state index in [-0.39, 0.29) is 11.6 Å². The first-order valence-corrected chi connectivity index (χ1v) is 9.18. The van der Waals surface area contributed by atoms with E-state index < -0.39 is 23.4 Å². The lowest BCUT2D eigenvalue weighted by molar-refractivity contribution is -0.136. The fraction of sp³-hybridized carbons (Fsp3) is 0.350. The van der Waals surface area contributed by atoms with Crippen LogP contribution in [0.4, 0.5) is 14.5 Å². The van der Waals surface area contributed by atoms with Gasteiger partial charge in [-0.1, -0.05) is 6.07 Å². The van der Waals surface area contributed by atoms with Crippen molar-refractivity contribution in [2.75, 3.05) is 25.0 Å². The summed E-state index contributed by atoms with van der Waals surface area (Å²) in [4.78, 5) is 30.4. The number of nitrogens with zero attached hydrogens (tertiary/aromatic N) is 2. The quantitative estimate of drug-likeness (QED) is 0.771. The second-order valence-electron chi connectivity index (χ2n) is 6.83. The van der Waals surface area contributed by atoms with Crippen molar-refractivity contribution in [1.29, 1.82) is 0 Å². The fourth-order valence-electron chi connectivity index (χ4n) is 3.16. The Kier molecular flexibility index (Phi) is 6.65. The predicted octanol–water partition coefficient (Wildman–Crippen LogP) is 2.33. The normalized spacial score (nSPS) is 15.2. The maximum Gasteiger partial charge on any atom is 0.313 e. The van der Waals surface area contributed by atoms with Crippen LogP contribution in [0.25, 0.3) is 0 Å². The van der Waals surface area contributed by atoms with Crippen molar-refractivity contribution in [3.63, 3.8) is 0 Å². The Morgan fingerprint density at radius 1 is 1.11 bits per heavy atom. The number of likely N-dealkylation sites (tertiary alicyclic amines) is 1. The zero-order valence-electron chi connectivity index (χ0n) is 15.3. The van der Waals surface area contributed by atoms with Gasteiger partial charge in [0.15, 0.2) is 0 Å². The third-order valence-corrected chi connectivity index (χ3v) is 4.76. The first kappa shape index (κ1) is 19.9. The summed E-state index contributed by atoms with van der Waals surface area (Å²) in [5.41, 5.74) is 0.795. The Hall–Kier alpha value is -2.87. The van der Waals surface area contributed by atoms with E-state index in [4.69, 9.17) is 0 Å². The first-order valence-electron chi connectivity index (χ1n) is 9.18. The van der Waals surface area contributed by atoms with Crippen molar-refractivity contribution in [3.05, 3.63) is 59.9 Å². The lowest BCUT2D eigenvalue weighted by Gasteiger charge is -2.31. The molecule has 2 amide bonds. The molecule has 0 atom stereocenters. The number of hydrogen-bond donors (Lipinski definition) is 2. The molecule has 0 radical (unpaired) electrons. The molecule has 1 aliphatic heterocycles. The number of amides is 2. The van der Waals surface area contributed by atoms with Crippen LogP contribution in [0.2, 0.25) is 0 Å². The van der Waals surface area contributed by atoms with Crippen LogP contribution in [-0.4, -0.2) is 41.3 Å². The number of carbonyl (C=O) groups is 2. The smallest absolute Gasteiger partial charge is 0.313 e. The van der Waals surface area contributed by atoms with Crippen molar-refractivity contribution < 1.29 is 18.4 Å². The molecule has 0 aliphatic carbocycles. The highest BCUT2D eigenvalue weighted by Gasteiger charge is 2.22. The van der Waals surface area contributed by atoms with Gasteiger partial charge < -0.3 is 10.6 Å². The number of aromatic nitrogens is 1. The third-order valence-electron chi connectivity index (χ3n) is 4.76. The van der Waals surface area contributed by atoms with Gasteiger partial charge in [0.05, 0.1) is 11.4 Å². The zero-order valence-corrected chi connectivity index (χ0v) is 15.3. The molecule has 1 saturated heterocycles. The number of rotatable bonds is 5. The standard InChI is InChI=1S/C20H22F2N4O2/c21-15-4-5-18(17(22)11-15)25-20(28)19(27)24-12-14-6-9-26(10-7-14)13-16-3-1-2-8-23-16/h1-5,8,11,14H,6-7,9-10,12-13H2,(H,24,27)(H,25,28). The van der Waals surface area contributed by atoms with Gasteiger partial charge in [0.25, 0.3) is 0 Å². The lowest BCUT2D eigenvalue weighted by atomic mass is 9.96. The molecule has 148 valence electrons. The van der Waals surface area contributed by atoms with E-state index in [0.29, 0.717) is 12.6 Å². The van der Waals surface area contributed by atoms with Crippen molar-refractivity contribution in [2.24, 2.45) is 5.92 Å². The maximum absolute atomic E-state index is 13.5. The largest absolute Gasteiger partial charge is 0.348 e. The highest BCUT2D eigenvalue weighted by Crippen LogP contribution is 2.18. The van der Waals surface area contributed by atoms with E-state index in [9.17, 15) is 18.4 Å². The van der Waals surface area contributed by atoms with E-state index in [1.165, 1.54) is 0 Å². The number of benzene rings is 1. The van der Waals surface area contributed by atoms with Gasteiger partial charge in [-0.25, -0.2) is 8.78 Å². The fourth-order valence-corrected chi connectivity index (χ4v) is 3.16. The van der Waals surface area contributed by atoms with E-state index >= 15 is 0 Å². The Labute approximate surface area is 162 Å². The van der Waals surface area contributed by atoms with E-state index in [2.05, 4.69) is 20.5 Å². The minimum Gasteiger partial charge on any atom is -0.348 e. The van der Waals surface area contributed by atoms with Crippen LogP contribution in [0.15, 0.2) is 42.6 Å². The molecular formula is C20H22F2N4O2. The summed E-state index contributed by atoms with van der Waals surface area (Å²) in [5.74, 6) is -3.22. The van der Waals surface area contributed by atoms with Gasteiger partial charge in [0.2, 0.25) is 0 Å². The van der Waals surface area contributed by atoms with Gasteiger partial charge in [0.1, 0.15) is 11.6 Å². The molecule has 2 N–H and O–H groups in total. The summed E-state index contributed by atoms with van der Waals surface area (Å²) in [6.45, 7) is 2.97. The van der Waals surface area contributed by atoms with E-state index in [1.54, 1.807) is 6.20 Å². The van der Waals surface area contributed by atoms with Gasteiger partial charge >= 0.3 is 11.8 Å². The maximum atomic E-state index is 13.5. The molecule has 2 heterocycles. The van der Waals surface area contributed by atoms with Crippen molar-refractivity contribution >= 4 is 17.5 Å². The summed E-state index contributed by atoms with van der Waals surface area (Å²) in [6.07, 6.45) is 3.59. The molecule has 0 spiro atoms. The summed E-state index contributed by atoms with van der Waals surface area (Å²) in [6, 6.07) is 8.58. The van der Waals surface area contributed by atoms with E-state index in [0.717, 1.165) is 50.3 Å². The molecular weight excluding hydrogens is 366 g/mol. The molecule has 28 heavy (non-hydrogen) atoms. The first-order chi connectivity index (χ1) is 13.5. The number of halogens is 2. The van der Waals surface area contributed by atoms with Gasteiger partial charge in [0, 0.05) is 25.4 Å². The summed E-state index contributed by atoms with van der Waals surface area (Å²) in [5, 5.41) is 4.74. The zero-order chi connectivity index (χ0) is 19.9. The van der Waals surface area contributed by atoms with Gasteiger partial charge in [-0.2, -0.15) is 0 Å². The molecule has 0 saturated carbocycles. The number of carbonyl (C=O) groups excluding carboxylic acids is 2. The van der Waals surface area contributed by atoms with Crippen LogP contribution >= 0.6 is 0 Å². The average molecular weight is 388 g/mol. The summed E-state index contributed by atoms with van der Waals surface area (Å²) < 4.78 is 26.4. The minimum atomic E-state index is -0.974. The SMILES string of the molecule is O=C(NCC1CCN(Cc2ccccn2)CC1)C(=O)Nc1ccc(F)cc1F. The highest BCUT2D eigenvalue weighted by molar-refractivity contribution is 6.39. The third kappa shape index (κ3) is 5.56. The molecule has 0 bridgehead atoms. The Morgan fingerprint density at radius 3 is 2.57 bits per heavy atom. The van der Waals surface area contributed by atoms with Gasteiger partial charge in [-0.15, -0.1) is 0 Å². The number of nitrogens with one attached hydrogen (secondary N) is 2. The molecule has 1 aliphatic rings. The number of pyridine rings is 1. The monoisotopic (exact) mass is 388 g/mol. The van der Waals surface area contributed by atoms with Gasteiger partial charge in [-0.05, 0) is 56.1 Å². The Bertz CT molecular complexity index is 824. The van der Waals surface area contributed by atoms with Crippen molar-refractivity contribution in [1.82, 2.24) is 15.2 Å². The molecule has 8 heteroatoms. The van der Waals surface area contributed by atoms with Crippen LogP contribution in [0.3, 0.4) is 0 Å². The molecule has 2 aromatic rings. The highest BCUT2D eigenvalue weighted by atomic mass is 19.1. The molecule has 0 unspecified atom stereocenters.